The minimum Gasteiger partial charge on any atom is -0.455 e. The van der Waals surface area contributed by atoms with Crippen molar-refractivity contribution in [3.05, 3.63) is 97.1 Å². The number of alkyl halides is 1. The Bertz CT molecular complexity index is 1520. The van der Waals surface area contributed by atoms with Gasteiger partial charge in [-0.05, 0) is 44.2 Å². The standard InChI is InChI=1S/C38H46BrN3O7/c1-5-7-18-30(44)40-22-29(26-16-12-9-13-17-26)48-37(47)31-32-35(45)42(27(23-43)20-25-14-10-8-11-15-25)34(36(46)41(19-6-2)24(3)4)38(32)21-28(39)33(31)49-38/h5-6,8-17,24,27-29,31-34,43H,1-2,7,18-23H2,3-4H3,(H,40,44)/t27-,28?,29+,31+,32-,33+,34+,38-/m1/s1. The number of aliphatic hydroxyl groups is 1. The van der Waals surface area contributed by atoms with Crippen molar-refractivity contribution in [2.45, 2.75) is 80.3 Å². The number of ether oxygens (including phenoxy) is 2. The number of fused-ring (bicyclic) bond motifs is 1. The Balaban J connectivity index is 1.51. The molecule has 1 unspecified atom stereocenters. The van der Waals surface area contributed by atoms with Crippen molar-refractivity contribution in [3.63, 3.8) is 0 Å². The number of hydrogen-bond donors (Lipinski definition) is 2. The van der Waals surface area contributed by atoms with Crippen LogP contribution in [0.15, 0.2) is 86.0 Å². The molecule has 0 saturated carbocycles. The van der Waals surface area contributed by atoms with Crippen LogP contribution in [0.4, 0.5) is 0 Å². The number of halogens is 1. The van der Waals surface area contributed by atoms with Crippen LogP contribution in [0.2, 0.25) is 0 Å². The van der Waals surface area contributed by atoms with Gasteiger partial charge in [0.05, 0.1) is 37.1 Å². The number of hydrogen-bond acceptors (Lipinski definition) is 7. The third-order valence-electron chi connectivity index (χ3n) is 9.87. The average Bonchev–Trinajstić information content (AvgIpc) is 3.70. The summed E-state index contributed by atoms with van der Waals surface area (Å²) in [4.78, 5) is 59.0. The lowest BCUT2D eigenvalue weighted by Gasteiger charge is -2.40. The molecule has 3 fully saturated rings. The number of amides is 3. The van der Waals surface area contributed by atoms with Crippen LogP contribution in [0.1, 0.15) is 50.3 Å². The minimum absolute atomic E-state index is 0.0350. The smallest absolute Gasteiger partial charge is 0.313 e. The molecule has 3 heterocycles. The molecule has 0 radical (unpaired) electrons. The van der Waals surface area contributed by atoms with Crippen molar-refractivity contribution in [2.24, 2.45) is 11.8 Å². The Hall–Kier alpha value is -3.80. The van der Waals surface area contributed by atoms with Gasteiger partial charge >= 0.3 is 5.97 Å². The highest BCUT2D eigenvalue weighted by Crippen LogP contribution is 2.61. The first-order chi connectivity index (χ1) is 23.6. The molecule has 0 aromatic heterocycles. The van der Waals surface area contributed by atoms with Gasteiger partial charge in [-0.15, -0.1) is 13.2 Å². The third-order valence-corrected chi connectivity index (χ3v) is 10.7. The number of esters is 1. The van der Waals surface area contributed by atoms with Gasteiger partial charge in [0, 0.05) is 23.8 Å². The second kappa shape index (κ2) is 15.8. The van der Waals surface area contributed by atoms with Crippen molar-refractivity contribution in [1.29, 1.82) is 0 Å². The summed E-state index contributed by atoms with van der Waals surface area (Å²) >= 11 is 3.72. The van der Waals surface area contributed by atoms with Gasteiger partial charge in [0.25, 0.3) is 0 Å². The van der Waals surface area contributed by atoms with Gasteiger partial charge in [0.15, 0.2) is 0 Å². The zero-order valence-electron chi connectivity index (χ0n) is 28.1. The number of benzene rings is 2. The molecule has 11 heteroatoms. The summed E-state index contributed by atoms with van der Waals surface area (Å²) in [7, 11) is 0. The molecule has 1 spiro atoms. The predicted octanol–water partition coefficient (Wildman–Crippen LogP) is 4.13. The number of likely N-dealkylation sites (tertiary alicyclic amines) is 1. The lowest BCUT2D eigenvalue weighted by atomic mass is 9.70. The van der Waals surface area contributed by atoms with Gasteiger partial charge in [-0.2, -0.15) is 0 Å². The van der Waals surface area contributed by atoms with Crippen molar-refractivity contribution < 1.29 is 33.8 Å². The zero-order valence-corrected chi connectivity index (χ0v) is 29.7. The number of carbonyl (C=O) groups excluding carboxylic acids is 4. The summed E-state index contributed by atoms with van der Waals surface area (Å²) in [6.07, 6.45) is 3.12. The van der Waals surface area contributed by atoms with Crippen molar-refractivity contribution >= 4 is 39.6 Å². The molecular weight excluding hydrogens is 690 g/mol. The molecule has 2 aromatic carbocycles. The molecule has 3 aliphatic heterocycles. The maximum absolute atomic E-state index is 14.8. The fourth-order valence-corrected chi connectivity index (χ4v) is 8.58. The van der Waals surface area contributed by atoms with Crippen molar-refractivity contribution in [1.82, 2.24) is 15.1 Å². The minimum atomic E-state index is -1.34. The molecule has 3 saturated heterocycles. The topological polar surface area (TPSA) is 125 Å². The van der Waals surface area contributed by atoms with E-state index in [-0.39, 0.29) is 42.2 Å². The number of allylic oxidation sites excluding steroid dienone is 1. The normalized spacial score (nSPS) is 26.6. The Morgan fingerprint density at radius 3 is 2.41 bits per heavy atom. The number of rotatable bonds is 16. The molecule has 2 N–H and O–H groups in total. The van der Waals surface area contributed by atoms with E-state index in [9.17, 15) is 24.3 Å². The summed E-state index contributed by atoms with van der Waals surface area (Å²) < 4.78 is 12.9. The van der Waals surface area contributed by atoms with Crippen LogP contribution >= 0.6 is 15.9 Å². The van der Waals surface area contributed by atoms with Crippen LogP contribution in [-0.2, 0) is 35.1 Å². The highest BCUT2D eigenvalue weighted by atomic mass is 79.9. The molecule has 2 bridgehead atoms. The van der Waals surface area contributed by atoms with E-state index in [1.807, 2.05) is 74.5 Å². The van der Waals surface area contributed by atoms with E-state index in [1.165, 1.54) is 4.90 Å². The van der Waals surface area contributed by atoms with E-state index in [4.69, 9.17) is 9.47 Å². The number of nitrogens with one attached hydrogen (secondary N) is 1. The van der Waals surface area contributed by atoms with E-state index in [0.29, 0.717) is 24.8 Å². The van der Waals surface area contributed by atoms with Crippen molar-refractivity contribution in [3.8, 4) is 0 Å². The molecule has 49 heavy (non-hydrogen) atoms. The summed E-state index contributed by atoms with van der Waals surface area (Å²) in [6, 6.07) is 16.5. The summed E-state index contributed by atoms with van der Waals surface area (Å²) in [5.74, 6) is -3.65. The van der Waals surface area contributed by atoms with Gasteiger partial charge in [-0.1, -0.05) is 88.7 Å². The summed E-state index contributed by atoms with van der Waals surface area (Å²) in [5, 5.41) is 13.6. The largest absolute Gasteiger partial charge is 0.455 e. The van der Waals surface area contributed by atoms with Crippen LogP contribution in [0.3, 0.4) is 0 Å². The molecule has 2 aromatic rings. The van der Waals surface area contributed by atoms with Crippen molar-refractivity contribution in [2.75, 3.05) is 19.7 Å². The first-order valence-corrected chi connectivity index (χ1v) is 17.8. The lowest BCUT2D eigenvalue weighted by molar-refractivity contribution is -0.161. The second-order valence-electron chi connectivity index (χ2n) is 13.3. The molecule has 5 rings (SSSR count). The zero-order chi connectivity index (χ0) is 35.3. The number of aliphatic hydroxyl groups excluding tert-OH is 1. The second-order valence-corrected chi connectivity index (χ2v) is 14.5. The number of nitrogens with zero attached hydrogens (tertiary/aromatic N) is 2. The van der Waals surface area contributed by atoms with Crippen LogP contribution in [0.25, 0.3) is 0 Å². The maximum atomic E-state index is 14.8. The first-order valence-electron chi connectivity index (χ1n) is 16.9. The molecular formula is C38H46BrN3O7. The molecule has 262 valence electrons. The highest BCUT2D eigenvalue weighted by molar-refractivity contribution is 9.09. The van der Waals surface area contributed by atoms with Gasteiger partial charge in [0.1, 0.15) is 17.7 Å². The Morgan fingerprint density at radius 1 is 1.12 bits per heavy atom. The van der Waals surface area contributed by atoms with Gasteiger partial charge < -0.3 is 29.7 Å². The van der Waals surface area contributed by atoms with E-state index >= 15 is 0 Å². The fraction of sp³-hybridized carbons (Fsp3) is 0.474. The average molecular weight is 737 g/mol. The highest BCUT2D eigenvalue weighted by Gasteiger charge is 2.77. The Kier molecular flexibility index (Phi) is 11.8. The lowest BCUT2D eigenvalue weighted by Crippen LogP contribution is -2.60. The Morgan fingerprint density at radius 2 is 1.80 bits per heavy atom. The van der Waals surface area contributed by atoms with Gasteiger partial charge in [-0.3, -0.25) is 19.2 Å². The first kappa shape index (κ1) is 36.5. The number of carbonyl (C=O) groups is 4. The van der Waals surface area contributed by atoms with Crippen LogP contribution < -0.4 is 5.32 Å². The van der Waals surface area contributed by atoms with Crippen LogP contribution in [0.5, 0.6) is 0 Å². The maximum Gasteiger partial charge on any atom is 0.313 e. The van der Waals surface area contributed by atoms with E-state index in [2.05, 4.69) is 34.4 Å². The molecule has 8 atom stereocenters. The molecule has 10 nitrogen and oxygen atoms in total. The van der Waals surface area contributed by atoms with Gasteiger partial charge in [0.2, 0.25) is 17.7 Å². The molecule has 3 amide bonds. The van der Waals surface area contributed by atoms with E-state index in [1.54, 1.807) is 17.1 Å². The van der Waals surface area contributed by atoms with E-state index < -0.39 is 60.2 Å². The summed E-state index contributed by atoms with van der Waals surface area (Å²) in [6.45, 7) is 11.2. The van der Waals surface area contributed by atoms with Gasteiger partial charge in [-0.25, -0.2) is 0 Å². The van der Waals surface area contributed by atoms with E-state index in [0.717, 1.165) is 5.56 Å². The summed E-state index contributed by atoms with van der Waals surface area (Å²) in [5.41, 5.74) is 0.236. The predicted molar refractivity (Wildman–Crippen MR) is 188 cm³/mol. The Labute approximate surface area is 296 Å². The third kappa shape index (κ3) is 7.25. The fourth-order valence-electron chi connectivity index (χ4n) is 7.64. The SMILES string of the molecule is C=CCCC(=O)NC[C@H](OC(=O)[C@@H]1[C@H]2O[C@@]3(CC2Br)[C@H](C(=O)N(CC=C)C(C)C)N([C@@H](CO)Cc2ccccc2)C(=O)[C@@H]13)c1ccccc1. The quantitative estimate of drug-likeness (QED) is 0.151. The monoisotopic (exact) mass is 735 g/mol. The molecule has 3 aliphatic rings. The van der Waals surface area contributed by atoms with Crippen LogP contribution in [0, 0.1) is 11.8 Å². The molecule has 0 aliphatic carbocycles. The van der Waals surface area contributed by atoms with Crippen LogP contribution in [-0.4, -0.2) is 93.0 Å².